The van der Waals surface area contributed by atoms with Gasteiger partial charge in [0.1, 0.15) is 5.82 Å². The van der Waals surface area contributed by atoms with Crippen LogP contribution in [0.2, 0.25) is 0 Å². The number of benzene rings is 1. The second-order valence-corrected chi connectivity index (χ2v) is 6.40. The van der Waals surface area contributed by atoms with E-state index in [9.17, 15) is 4.39 Å². The fourth-order valence-corrected chi connectivity index (χ4v) is 3.65. The predicted molar refractivity (Wildman–Crippen MR) is 82.7 cm³/mol. The van der Waals surface area contributed by atoms with Gasteiger partial charge < -0.3 is 10.1 Å². The van der Waals surface area contributed by atoms with Gasteiger partial charge in [-0.1, -0.05) is 13.0 Å². The highest BCUT2D eigenvalue weighted by atomic mass is 32.2. The van der Waals surface area contributed by atoms with Crippen LogP contribution in [0.25, 0.3) is 0 Å². The highest BCUT2D eigenvalue weighted by Crippen LogP contribution is 2.25. The minimum absolute atomic E-state index is 0.158. The average Bonchev–Trinajstić information content (AvgIpc) is 2.48. The van der Waals surface area contributed by atoms with Crippen molar-refractivity contribution >= 4 is 11.8 Å². The van der Waals surface area contributed by atoms with E-state index in [2.05, 4.69) is 12.2 Å². The predicted octanol–water partition coefficient (Wildman–Crippen LogP) is 3.71. The van der Waals surface area contributed by atoms with E-state index >= 15 is 0 Å². The maximum Gasteiger partial charge on any atom is 0.124 e. The van der Waals surface area contributed by atoms with Gasteiger partial charge in [0.2, 0.25) is 0 Å². The molecule has 1 fully saturated rings. The topological polar surface area (TPSA) is 21.3 Å². The summed E-state index contributed by atoms with van der Waals surface area (Å²) in [4.78, 5) is 1.00. The van der Waals surface area contributed by atoms with Gasteiger partial charge in [0, 0.05) is 23.3 Å². The molecule has 0 spiro atoms. The van der Waals surface area contributed by atoms with Gasteiger partial charge >= 0.3 is 0 Å². The smallest absolute Gasteiger partial charge is 0.124 e. The lowest BCUT2D eigenvalue weighted by Gasteiger charge is -2.31. The van der Waals surface area contributed by atoms with Crippen molar-refractivity contribution in [2.75, 3.05) is 25.5 Å². The summed E-state index contributed by atoms with van der Waals surface area (Å²) >= 11 is 1.73. The van der Waals surface area contributed by atoms with Crippen molar-refractivity contribution in [3.63, 3.8) is 0 Å². The summed E-state index contributed by atoms with van der Waals surface area (Å²) < 4.78 is 18.8. The van der Waals surface area contributed by atoms with Crippen LogP contribution in [0.15, 0.2) is 29.2 Å². The molecule has 1 aliphatic heterocycles. The van der Waals surface area contributed by atoms with Crippen molar-refractivity contribution in [1.29, 1.82) is 0 Å². The molecular formula is C16H24FNOS. The molecule has 0 radical (unpaired) electrons. The number of ether oxygens (including phenoxy) is 1. The van der Waals surface area contributed by atoms with Crippen molar-refractivity contribution in [3.8, 4) is 0 Å². The summed E-state index contributed by atoms with van der Waals surface area (Å²) in [6, 6.07) is 7.30. The van der Waals surface area contributed by atoms with E-state index in [0.717, 1.165) is 43.2 Å². The maximum absolute atomic E-state index is 13.2. The molecule has 2 unspecified atom stereocenters. The Labute approximate surface area is 125 Å². The molecule has 0 bridgehead atoms. The second-order valence-electron chi connectivity index (χ2n) is 5.31. The standard InChI is InChI=1S/C16H24FNOS/c1-2-8-18-16(13-5-4-9-19-11-13)12-20-15-7-3-6-14(17)10-15/h3,6-7,10,13,16,18H,2,4-5,8-9,11-12H2,1H3. The van der Waals surface area contributed by atoms with Gasteiger partial charge in [0.15, 0.2) is 0 Å². The summed E-state index contributed by atoms with van der Waals surface area (Å²) in [5, 5.41) is 3.63. The van der Waals surface area contributed by atoms with Crippen LogP contribution >= 0.6 is 11.8 Å². The highest BCUT2D eigenvalue weighted by molar-refractivity contribution is 7.99. The average molecular weight is 297 g/mol. The highest BCUT2D eigenvalue weighted by Gasteiger charge is 2.23. The molecule has 0 amide bonds. The van der Waals surface area contributed by atoms with Crippen molar-refractivity contribution in [2.45, 2.75) is 37.1 Å². The van der Waals surface area contributed by atoms with E-state index < -0.39 is 0 Å². The Kier molecular flexibility index (Phi) is 6.83. The monoisotopic (exact) mass is 297 g/mol. The third-order valence-corrected chi connectivity index (χ3v) is 4.76. The first-order valence-electron chi connectivity index (χ1n) is 7.49. The summed E-state index contributed by atoms with van der Waals surface area (Å²) in [6.45, 7) is 4.96. The molecule has 4 heteroatoms. The van der Waals surface area contributed by atoms with Gasteiger partial charge in [0.25, 0.3) is 0 Å². The lowest BCUT2D eigenvalue weighted by Crippen LogP contribution is -2.42. The Balaban J connectivity index is 1.89. The van der Waals surface area contributed by atoms with E-state index in [4.69, 9.17) is 4.74 Å². The van der Waals surface area contributed by atoms with Crippen molar-refractivity contribution in [2.24, 2.45) is 5.92 Å². The third kappa shape index (κ3) is 5.08. The Morgan fingerprint density at radius 3 is 3.10 bits per heavy atom. The minimum Gasteiger partial charge on any atom is -0.381 e. The van der Waals surface area contributed by atoms with Gasteiger partial charge in [-0.25, -0.2) is 4.39 Å². The zero-order valence-electron chi connectivity index (χ0n) is 12.1. The summed E-state index contributed by atoms with van der Waals surface area (Å²) in [5.74, 6) is 1.39. The lowest BCUT2D eigenvalue weighted by molar-refractivity contribution is 0.0427. The quantitative estimate of drug-likeness (QED) is 0.775. The fourth-order valence-electron chi connectivity index (χ4n) is 2.52. The molecule has 2 atom stereocenters. The van der Waals surface area contributed by atoms with E-state index in [0.29, 0.717) is 12.0 Å². The van der Waals surface area contributed by atoms with Crippen LogP contribution in [0.5, 0.6) is 0 Å². The molecule has 1 aromatic rings. The zero-order valence-corrected chi connectivity index (χ0v) is 12.9. The molecule has 112 valence electrons. The zero-order chi connectivity index (χ0) is 14.2. The SMILES string of the molecule is CCCNC(CSc1cccc(F)c1)C1CCCOC1. The third-order valence-electron chi connectivity index (χ3n) is 3.65. The molecule has 1 heterocycles. The number of hydrogen-bond donors (Lipinski definition) is 1. The van der Waals surface area contributed by atoms with E-state index in [1.54, 1.807) is 23.9 Å². The van der Waals surface area contributed by atoms with E-state index in [1.165, 1.54) is 12.5 Å². The molecule has 2 rings (SSSR count). The maximum atomic E-state index is 13.2. The number of thioether (sulfide) groups is 1. The Bertz CT molecular complexity index is 396. The molecule has 2 nitrogen and oxygen atoms in total. The second kappa shape index (κ2) is 8.65. The molecule has 20 heavy (non-hydrogen) atoms. The Morgan fingerprint density at radius 2 is 2.40 bits per heavy atom. The van der Waals surface area contributed by atoms with Gasteiger partial charge in [-0.05, 0) is 49.9 Å². The van der Waals surface area contributed by atoms with Crippen LogP contribution in [0.1, 0.15) is 26.2 Å². The molecular weight excluding hydrogens is 273 g/mol. The van der Waals surface area contributed by atoms with Gasteiger partial charge in [-0.2, -0.15) is 0 Å². The number of hydrogen-bond acceptors (Lipinski definition) is 3. The van der Waals surface area contributed by atoms with Crippen molar-refractivity contribution in [1.82, 2.24) is 5.32 Å². The molecule has 1 N–H and O–H groups in total. The largest absolute Gasteiger partial charge is 0.381 e. The van der Waals surface area contributed by atoms with Crippen molar-refractivity contribution in [3.05, 3.63) is 30.1 Å². The van der Waals surface area contributed by atoms with Crippen LogP contribution in [0, 0.1) is 11.7 Å². The van der Waals surface area contributed by atoms with Gasteiger partial charge in [-0.3, -0.25) is 0 Å². The first-order valence-corrected chi connectivity index (χ1v) is 8.47. The molecule has 0 saturated carbocycles. The molecule has 1 aliphatic rings. The summed E-state index contributed by atoms with van der Waals surface area (Å²) in [5.41, 5.74) is 0. The lowest BCUT2D eigenvalue weighted by atomic mass is 9.95. The fraction of sp³-hybridized carbons (Fsp3) is 0.625. The van der Waals surface area contributed by atoms with Crippen LogP contribution in [-0.2, 0) is 4.74 Å². The van der Waals surface area contributed by atoms with Gasteiger partial charge in [-0.15, -0.1) is 11.8 Å². The molecule has 0 aromatic heterocycles. The molecule has 1 aromatic carbocycles. The van der Waals surface area contributed by atoms with Crippen LogP contribution in [0.3, 0.4) is 0 Å². The Hall–Kier alpha value is -0.580. The van der Waals surface area contributed by atoms with E-state index in [-0.39, 0.29) is 5.82 Å². The van der Waals surface area contributed by atoms with Crippen LogP contribution in [0.4, 0.5) is 4.39 Å². The summed E-state index contributed by atoms with van der Waals surface area (Å²) in [7, 11) is 0. The van der Waals surface area contributed by atoms with Crippen molar-refractivity contribution < 1.29 is 9.13 Å². The van der Waals surface area contributed by atoms with Crippen LogP contribution < -0.4 is 5.32 Å². The van der Waals surface area contributed by atoms with Gasteiger partial charge in [0.05, 0.1) is 6.61 Å². The Morgan fingerprint density at radius 1 is 1.50 bits per heavy atom. The van der Waals surface area contributed by atoms with Crippen LogP contribution in [-0.4, -0.2) is 31.6 Å². The number of halogens is 1. The number of rotatable bonds is 7. The summed E-state index contributed by atoms with van der Waals surface area (Å²) in [6.07, 6.45) is 3.51. The number of nitrogens with one attached hydrogen (secondary N) is 1. The molecule has 0 aliphatic carbocycles. The first-order chi connectivity index (χ1) is 9.79. The molecule has 1 saturated heterocycles. The van der Waals surface area contributed by atoms with E-state index in [1.807, 2.05) is 6.07 Å². The normalized spacial score (nSPS) is 20.8. The minimum atomic E-state index is -0.158. The first kappa shape index (κ1) is 15.8.